The van der Waals surface area contributed by atoms with Crippen LogP contribution in [0.1, 0.15) is 5.82 Å². The van der Waals surface area contributed by atoms with E-state index in [0.29, 0.717) is 31.2 Å². The van der Waals surface area contributed by atoms with Gasteiger partial charge < -0.3 is 4.90 Å². The van der Waals surface area contributed by atoms with Gasteiger partial charge in [-0.25, -0.2) is 23.4 Å². The predicted octanol–water partition coefficient (Wildman–Crippen LogP) is 2.14. The third kappa shape index (κ3) is 3.60. The summed E-state index contributed by atoms with van der Waals surface area (Å²) in [5.41, 5.74) is 0. The van der Waals surface area contributed by atoms with Gasteiger partial charge >= 0.3 is 0 Å². The third-order valence-corrected chi connectivity index (χ3v) is 6.84. The Morgan fingerprint density at radius 1 is 1.00 bits per heavy atom. The molecule has 8 nitrogen and oxygen atoms in total. The number of aromatic nitrogens is 4. The highest BCUT2D eigenvalue weighted by atomic mass is 35.5. The zero-order valence-electron chi connectivity index (χ0n) is 15.2. The van der Waals surface area contributed by atoms with E-state index in [4.69, 9.17) is 11.6 Å². The van der Waals surface area contributed by atoms with Gasteiger partial charge in [0, 0.05) is 49.7 Å². The van der Waals surface area contributed by atoms with Crippen LogP contribution in [0.4, 0.5) is 5.82 Å². The van der Waals surface area contributed by atoms with Crippen molar-refractivity contribution in [3.63, 3.8) is 0 Å². The molecule has 28 heavy (non-hydrogen) atoms. The fourth-order valence-electron chi connectivity index (χ4n) is 3.20. The highest BCUT2D eigenvalue weighted by molar-refractivity contribution is 7.89. The van der Waals surface area contributed by atoms with E-state index >= 15 is 0 Å². The zero-order chi connectivity index (χ0) is 19.7. The summed E-state index contributed by atoms with van der Waals surface area (Å²) in [5.74, 6) is 2.33. The molecule has 1 saturated heterocycles. The van der Waals surface area contributed by atoms with Gasteiger partial charge in [-0.15, -0.1) is 0 Å². The molecule has 0 bridgehead atoms. The van der Waals surface area contributed by atoms with Crippen molar-refractivity contribution in [1.82, 2.24) is 23.8 Å². The second kappa shape index (κ2) is 7.50. The first-order chi connectivity index (χ1) is 13.4. The Kier molecular flexibility index (Phi) is 5.05. The fourth-order valence-corrected chi connectivity index (χ4v) is 4.92. The number of piperazine rings is 1. The van der Waals surface area contributed by atoms with Gasteiger partial charge in [-0.3, -0.25) is 4.57 Å². The first kappa shape index (κ1) is 18.9. The molecule has 2 aromatic heterocycles. The minimum atomic E-state index is -3.56. The van der Waals surface area contributed by atoms with Gasteiger partial charge in [-0.05, 0) is 25.1 Å². The van der Waals surface area contributed by atoms with Crippen LogP contribution in [0.2, 0.25) is 5.02 Å². The minimum Gasteiger partial charge on any atom is -0.354 e. The largest absolute Gasteiger partial charge is 0.354 e. The molecule has 1 aliphatic heterocycles. The van der Waals surface area contributed by atoms with Crippen molar-refractivity contribution in [3.8, 4) is 5.82 Å². The van der Waals surface area contributed by atoms with Crippen molar-refractivity contribution in [2.75, 3.05) is 31.1 Å². The first-order valence-corrected chi connectivity index (χ1v) is 10.6. The van der Waals surface area contributed by atoms with Crippen LogP contribution in [0, 0.1) is 6.92 Å². The maximum atomic E-state index is 12.8. The molecule has 0 N–H and O–H groups in total. The van der Waals surface area contributed by atoms with Gasteiger partial charge in [0.05, 0.1) is 4.90 Å². The summed E-state index contributed by atoms with van der Waals surface area (Å²) in [4.78, 5) is 15.1. The number of nitrogens with zero attached hydrogens (tertiary/aromatic N) is 6. The molecule has 0 spiro atoms. The lowest BCUT2D eigenvalue weighted by Crippen LogP contribution is -2.48. The van der Waals surface area contributed by atoms with E-state index < -0.39 is 10.0 Å². The summed E-state index contributed by atoms with van der Waals surface area (Å²) < 4.78 is 29.0. The molecular weight excluding hydrogens is 400 g/mol. The fraction of sp³-hybridized carbons (Fsp3) is 0.278. The molecule has 0 amide bonds. The predicted molar refractivity (Wildman–Crippen MR) is 106 cm³/mol. The number of anilines is 1. The quantitative estimate of drug-likeness (QED) is 0.645. The molecule has 0 unspecified atom stereocenters. The normalized spacial score (nSPS) is 15.7. The number of imidazole rings is 1. The molecule has 1 aromatic carbocycles. The van der Waals surface area contributed by atoms with E-state index in [9.17, 15) is 8.42 Å². The van der Waals surface area contributed by atoms with Gasteiger partial charge in [-0.2, -0.15) is 4.31 Å². The minimum absolute atomic E-state index is 0.216. The number of halogens is 1. The molecule has 146 valence electrons. The summed E-state index contributed by atoms with van der Waals surface area (Å²) >= 11 is 5.95. The van der Waals surface area contributed by atoms with Crippen LogP contribution in [-0.2, 0) is 10.0 Å². The van der Waals surface area contributed by atoms with E-state index in [1.807, 2.05) is 23.8 Å². The Morgan fingerprint density at radius 3 is 2.43 bits per heavy atom. The van der Waals surface area contributed by atoms with Crippen LogP contribution < -0.4 is 4.90 Å². The Labute approximate surface area is 168 Å². The van der Waals surface area contributed by atoms with Crippen LogP contribution in [0.25, 0.3) is 5.82 Å². The number of aryl methyl sites for hydroxylation is 1. The average molecular weight is 419 g/mol. The molecule has 0 atom stereocenters. The highest BCUT2D eigenvalue weighted by Crippen LogP contribution is 2.23. The lowest BCUT2D eigenvalue weighted by atomic mass is 10.3. The van der Waals surface area contributed by atoms with Crippen molar-refractivity contribution in [3.05, 3.63) is 59.9 Å². The van der Waals surface area contributed by atoms with Crippen molar-refractivity contribution < 1.29 is 8.42 Å². The molecule has 10 heteroatoms. The van der Waals surface area contributed by atoms with Crippen molar-refractivity contribution >= 4 is 27.4 Å². The Hall–Kier alpha value is -2.49. The molecule has 4 rings (SSSR count). The molecule has 1 aliphatic rings. The first-order valence-electron chi connectivity index (χ1n) is 8.78. The number of benzene rings is 1. The maximum absolute atomic E-state index is 12.8. The summed E-state index contributed by atoms with van der Waals surface area (Å²) in [7, 11) is -3.56. The molecular formula is C18H19ClN6O2S. The Bertz CT molecular complexity index is 1090. The summed E-state index contributed by atoms with van der Waals surface area (Å²) in [5, 5.41) is 0.406. The standard InChI is InChI=1S/C18H19ClN6O2S/c1-14-20-5-6-25(14)18-12-17(21-13-22-18)23-7-9-24(10-8-23)28(26,27)16-4-2-3-15(19)11-16/h2-6,11-13H,7-10H2,1H3. The maximum Gasteiger partial charge on any atom is 0.243 e. The smallest absolute Gasteiger partial charge is 0.243 e. The monoisotopic (exact) mass is 418 g/mol. The molecule has 0 aliphatic carbocycles. The summed E-state index contributed by atoms with van der Waals surface area (Å²) in [6.07, 6.45) is 5.08. The number of hydrogen-bond donors (Lipinski definition) is 0. The van der Waals surface area contributed by atoms with Gasteiger partial charge in [0.1, 0.15) is 23.8 Å². The number of rotatable bonds is 4. The van der Waals surface area contributed by atoms with Crippen LogP contribution in [0.15, 0.2) is 53.9 Å². The number of hydrogen-bond acceptors (Lipinski definition) is 6. The highest BCUT2D eigenvalue weighted by Gasteiger charge is 2.29. The van der Waals surface area contributed by atoms with Crippen LogP contribution in [0.3, 0.4) is 0 Å². The zero-order valence-corrected chi connectivity index (χ0v) is 16.8. The Balaban J connectivity index is 1.50. The van der Waals surface area contributed by atoms with E-state index in [2.05, 4.69) is 19.9 Å². The molecule has 1 fully saturated rings. The van der Waals surface area contributed by atoms with E-state index in [1.165, 1.54) is 16.7 Å². The topological polar surface area (TPSA) is 84.2 Å². The summed E-state index contributed by atoms with van der Waals surface area (Å²) in [6, 6.07) is 8.24. The third-order valence-electron chi connectivity index (χ3n) is 4.71. The van der Waals surface area contributed by atoms with Crippen LogP contribution in [-0.4, -0.2) is 58.4 Å². The second-order valence-corrected chi connectivity index (χ2v) is 8.80. The molecule has 0 radical (unpaired) electrons. The van der Waals surface area contributed by atoms with Crippen LogP contribution >= 0.6 is 11.6 Å². The van der Waals surface area contributed by atoms with Crippen molar-refractivity contribution in [2.24, 2.45) is 0 Å². The lowest BCUT2D eigenvalue weighted by molar-refractivity contribution is 0.383. The van der Waals surface area contributed by atoms with Crippen LogP contribution in [0.5, 0.6) is 0 Å². The van der Waals surface area contributed by atoms with Gasteiger partial charge in [0.2, 0.25) is 10.0 Å². The number of sulfonamides is 1. The van der Waals surface area contributed by atoms with E-state index in [-0.39, 0.29) is 4.90 Å². The van der Waals surface area contributed by atoms with Gasteiger partial charge in [0.15, 0.2) is 0 Å². The van der Waals surface area contributed by atoms with Crippen molar-refractivity contribution in [2.45, 2.75) is 11.8 Å². The lowest BCUT2D eigenvalue weighted by Gasteiger charge is -2.34. The van der Waals surface area contributed by atoms with E-state index in [0.717, 1.165) is 17.5 Å². The van der Waals surface area contributed by atoms with Gasteiger partial charge in [0.25, 0.3) is 0 Å². The molecule has 3 heterocycles. The second-order valence-electron chi connectivity index (χ2n) is 6.43. The molecule has 3 aromatic rings. The molecule has 0 saturated carbocycles. The summed E-state index contributed by atoms with van der Waals surface area (Å²) in [6.45, 7) is 3.73. The Morgan fingerprint density at radius 2 is 1.75 bits per heavy atom. The van der Waals surface area contributed by atoms with Crippen molar-refractivity contribution in [1.29, 1.82) is 0 Å². The SMILES string of the molecule is Cc1nccn1-c1cc(N2CCN(S(=O)(=O)c3cccc(Cl)c3)CC2)ncn1. The average Bonchev–Trinajstić information content (AvgIpc) is 3.14. The van der Waals surface area contributed by atoms with E-state index in [1.54, 1.807) is 24.4 Å². The van der Waals surface area contributed by atoms with Gasteiger partial charge in [-0.1, -0.05) is 17.7 Å².